The first-order chi connectivity index (χ1) is 14.0. The molecule has 1 saturated heterocycles. The maximum absolute atomic E-state index is 12.6. The normalized spacial score (nSPS) is 20.7. The highest BCUT2D eigenvalue weighted by molar-refractivity contribution is 5.56. The Hall–Kier alpha value is -1.86. The maximum Gasteiger partial charge on any atom is 0.393 e. The quantitative estimate of drug-likeness (QED) is 0.720. The van der Waals surface area contributed by atoms with Gasteiger partial charge in [-0.1, -0.05) is 43.5 Å². The number of benzene rings is 1. The van der Waals surface area contributed by atoms with Crippen molar-refractivity contribution in [3.8, 4) is 11.4 Å². The number of imidazole rings is 1. The van der Waals surface area contributed by atoms with Crippen molar-refractivity contribution < 1.29 is 17.9 Å². The van der Waals surface area contributed by atoms with Gasteiger partial charge in [-0.2, -0.15) is 13.2 Å². The van der Waals surface area contributed by atoms with Crippen LogP contribution >= 0.6 is 0 Å². The van der Waals surface area contributed by atoms with Crippen molar-refractivity contribution in [2.24, 2.45) is 0 Å². The van der Waals surface area contributed by atoms with E-state index in [1.54, 1.807) is 30.5 Å². The lowest BCUT2D eigenvalue weighted by atomic mass is 9.79. The van der Waals surface area contributed by atoms with E-state index >= 15 is 0 Å². The summed E-state index contributed by atoms with van der Waals surface area (Å²) in [5.74, 6) is 0.821. The van der Waals surface area contributed by atoms with Crippen molar-refractivity contribution >= 4 is 0 Å². The second-order valence-corrected chi connectivity index (χ2v) is 8.25. The molecule has 4 nitrogen and oxygen atoms in total. The molecule has 2 aliphatic rings. The molecule has 7 heteroatoms. The van der Waals surface area contributed by atoms with E-state index in [4.69, 9.17) is 4.74 Å². The van der Waals surface area contributed by atoms with Gasteiger partial charge >= 0.3 is 6.18 Å². The summed E-state index contributed by atoms with van der Waals surface area (Å²) in [6.45, 7) is 4.32. The van der Waals surface area contributed by atoms with Gasteiger partial charge in [0.05, 0.1) is 19.6 Å². The molecule has 29 heavy (non-hydrogen) atoms. The molecule has 158 valence electrons. The summed E-state index contributed by atoms with van der Waals surface area (Å²) in [6, 6.07) is 6.62. The average Bonchev–Trinajstić information content (AvgIpc) is 3.17. The number of hydrogen-bond donors (Lipinski definition) is 0. The highest BCUT2D eigenvalue weighted by Crippen LogP contribution is 2.37. The van der Waals surface area contributed by atoms with E-state index in [2.05, 4.69) is 14.5 Å². The first-order valence-electron chi connectivity index (χ1n) is 10.5. The van der Waals surface area contributed by atoms with Gasteiger partial charge in [0.1, 0.15) is 5.82 Å². The molecule has 0 radical (unpaired) electrons. The number of ether oxygens (including phenoxy) is 1. The molecule has 0 atom stereocenters. The van der Waals surface area contributed by atoms with Crippen molar-refractivity contribution in [1.82, 2.24) is 14.5 Å². The minimum Gasteiger partial charge on any atom is -0.379 e. The molecule has 1 aliphatic heterocycles. The summed E-state index contributed by atoms with van der Waals surface area (Å²) >= 11 is 0. The molecule has 0 spiro atoms. The summed E-state index contributed by atoms with van der Waals surface area (Å²) < 4.78 is 45.6. The van der Waals surface area contributed by atoms with E-state index in [0.717, 1.165) is 57.1 Å². The lowest BCUT2D eigenvalue weighted by Crippen LogP contribution is -2.56. The predicted octanol–water partition coefficient (Wildman–Crippen LogP) is 4.69. The smallest absolute Gasteiger partial charge is 0.379 e. The number of nitrogens with zero attached hydrogens (tertiary/aromatic N) is 3. The monoisotopic (exact) mass is 407 g/mol. The second kappa shape index (κ2) is 8.48. The molecule has 0 bridgehead atoms. The minimum absolute atomic E-state index is 0.105. The number of alkyl halides is 3. The van der Waals surface area contributed by atoms with E-state index in [9.17, 15) is 13.2 Å². The van der Waals surface area contributed by atoms with Crippen LogP contribution in [0.1, 0.15) is 37.7 Å². The third kappa shape index (κ3) is 4.83. The molecule has 1 saturated carbocycles. The highest BCUT2D eigenvalue weighted by atomic mass is 19.4. The Morgan fingerprint density at radius 2 is 1.69 bits per heavy atom. The molecule has 4 rings (SSSR count). The summed E-state index contributed by atoms with van der Waals surface area (Å²) in [7, 11) is 0. The molecule has 1 aromatic heterocycles. The van der Waals surface area contributed by atoms with E-state index in [-0.39, 0.29) is 11.1 Å². The average molecular weight is 407 g/mol. The van der Waals surface area contributed by atoms with Gasteiger partial charge in [-0.05, 0) is 18.4 Å². The maximum atomic E-state index is 12.6. The SMILES string of the molecule is FC(F)(F)Cc1ccc(-c2nccn2CC2(N3CCOCC3)CCCCC2)cc1. The predicted molar refractivity (Wildman–Crippen MR) is 106 cm³/mol. The fourth-order valence-electron chi connectivity index (χ4n) is 4.84. The van der Waals surface area contributed by atoms with Gasteiger partial charge in [0.2, 0.25) is 0 Å². The Kier molecular flexibility index (Phi) is 5.97. The lowest BCUT2D eigenvalue weighted by molar-refractivity contribution is -0.127. The van der Waals surface area contributed by atoms with Crippen molar-refractivity contribution in [2.75, 3.05) is 26.3 Å². The topological polar surface area (TPSA) is 30.3 Å². The van der Waals surface area contributed by atoms with Crippen LogP contribution < -0.4 is 0 Å². The van der Waals surface area contributed by atoms with Crippen molar-refractivity contribution in [3.63, 3.8) is 0 Å². The zero-order chi connectivity index (χ0) is 20.3. The van der Waals surface area contributed by atoms with Crippen LogP contribution in [-0.2, 0) is 17.7 Å². The van der Waals surface area contributed by atoms with Gasteiger partial charge in [0, 0.05) is 43.1 Å². The molecule has 0 unspecified atom stereocenters. The Morgan fingerprint density at radius 1 is 1.00 bits per heavy atom. The van der Waals surface area contributed by atoms with Crippen LogP contribution in [0.2, 0.25) is 0 Å². The fourth-order valence-corrected chi connectivity index (χ4v) is 4.84. The molecule has 1 aliphatic carbocycles. The second-order valence-electron chi connectivity index (χ2n) is 8.25. The summed E-state index contributed by atoms with van der Waals surface area (Å²) in [4.78, 5) is 7.12. The van der Waals surface area contributed by atoms with E-state index < -0.39 is 12.6 Å². The largest absolute Gasteiger partial charge is 0.393 e. The number of aromatic nitrogens is 2. The van der Waals surface area contributed by atoms with E-state index in [0.29, 0.717) is 0 Å². The highest BCUT2D eigenvalue weighted by Gasteiger charge is 2.39. The summed E-state index contributed by atoms with van der Waals surface area (Å²) in [6.07, 6.45) is 4.76. The fraction of sp³-hybridized carbons (Fsp3) is 0.591. The lowest BCUT2D eigenvalue weighted by Gasteiger charge is -2.48. The third-order valence-corrected chi connectivity index (χ3v) is 6.26. The van der Waals surface area contributed by atoms with Gasteiger partial charge in [0.15, 0.2) is 0 Å². The molecule has 2 aromatic rings. The van der Waals surface area contributed by atoms with Crippen LogP contribution in [0.5, 0.6) is 0 Å². The Balaban J connectivity index is 1.56. The summed E-state index contributed by atoms with van der Waals surface area (Å²) in [5, 5.41) is 0. The van der Waals surface area contributed by atoms with E-state index in [1.807, 2.05) is 6.20 Å². The van der Waals surface area contributed by atoms with Crippen LogP contribution in [0.15, 0.2) is 36.7 Å². The Labute approximate surface area is 169 Å². The number of rotatable bonds is 5. The molecule has 2 heterocycles. The van der Waals surface area contributed by atoms with Gasteiger partial charge in [0.25, 0.3) is 0 Å². The summed E-state index contributed by atoms with van der Waals surface area (Å²) in [5.41, 5.74) is 1.23. The molecular weight excluding hydrogens is 379 g/mol. The zero-order valence-corrected chi connectivity index (χ0v) is 16.6. The minimum atomic E-state index is -4.19. The molecule has 0 N–H and O–H groups in total. The van der Waals surface area contributed by atoms with Crippen LogP contribution in [0.3, 0.4) is 0 Å². The van der Waals surface area contributed by atoms with Gasteiger partial charge in [-0.3, -0.25) is 4.90 Å². The van der Waals surface area contributed by atoms with Crippen LogP contribution in [-0.4, -0.2) is 52.5 Å². The van der Waals surface area contributed by atoms with Crippen molar-refractivity contribution in [2.45, 2.75) is 56.8 Å². The molecule has 2 fully saturated rings. The molecule has 0 amide bonds. The van der Waals surface area contributed by atoms with Crippen LogP contribution in [0.4, 0.5) is 13.2 Å². The van der Waals surface area contributed by atoms with Crippen LogP contribution in [0.25, 0.3) is 11.4 Å². The number of hydrogen-bond acceptors (Lipinski definition) is 3. The standard InChI is InChI=1S/C22H28F3N3O/c23-22(24,25)16-18-4-6-19(7-5-18)20-26-10-11-27(20)17-21(8-2-1-3-9-21)28-12-14-29-15-13-28/h4-7,10-11H,1-3,8-9,12-17H2. The number of morpholine rings is 1. The van der Waals surface area contributed by atoms with Crippen molar-refractivity contribution in [1.29, 1.82) is 0 Å². The van der Waals surface area contributed by atoms with Crippen LogP contribution in [0, 0.1) is 0 Å². The Bertz CT molecular complexity index is 788. The zero-order valence-electron chi connectivity index (χ0n) is 16.6. The number of halogens is 3. The Morgan fingerprint density at radius 3 is 2.34 bits per heavy atom. The molecule has 1 aromatic carbocycles. The van der Waals surface area contributed by atoms with Crippen molar-refractivity contribution in [3.05, 3.63) is 42.2 Å². The first kappa shape index (κ1) is 20.4. The van der Waals surface area contributed by atoms with Gasteiger partial charge < -0.3 is 9.30 Å². The molecular formula is C22H28F3N3O. The van der Waals surface area contributed by atoms with Gasteiger partial charge in [-0.25, -0.2) is 4.98 Å². The van der Waals surface area contributed by atoms with E-state index in [1.165, 1.54) is 19.3 Å². The first-order valence-corrected chi connectivity index (χ1v) is 10.5. The third-order valence-electron chi connectivity index (χ3n) is 6.26. The van der Waals surface area contributed by atoms with Gasteiger partial charge in [-0.15, -0.1) is 0 Å².